The van der Waals surface area contributed by atoms with E-state index in [1.54, 1.807) is 31.3 Å². The van der Waals surface area contributed by atoms with Crippen LogP contribution in [0.2, 0.25) is 0 Å². The first-order valence-corrected chi connectivity index (χ1v) is 6.04. The quantitative estimate of drug-likeness (QED) is 0.892. The van der Waals surface area contributed by atoms with Gasteiger partial charge < -0.3 is 14.7 Å². The number of nitrogens with zero attached hydrogens (tertiary/aromatic N) is 2. The predicted octanol–water partition coefficient (Wildman–Crippen LogP) is 1.41. The second-order valence-corrected chi connectivity index (χ2v) is 4.31. The Morgan fingerprint density at radius 3 is 2.58 bits per heavy atom. The summed E-state index contributed by atoms with van der Waals surface area (Å²) in [5.41, 5.74) is 0.560. The number of carboxylic acids is 1. The fraction of sp³-hybridized carbons (Fsp3) is 0.385. The molecule has 1 N–H and O–H groups in total. The fourth-order valence-electron chi connectivity index (χ4n) is 2.08. The standard InChI is InChI=1S/C13H16N2O4/c1-3-19-10-6-4-9(5-7-10)15-11(12(16)17)8-14(2)13(15)18/h4-7,11H,3,8H2,1-2H3,(H,16,17). The molecular formula is C13H16N2O4. The molecule has 6 heteroatoms. The molecule has 1 fully saturated rings. The number of carbonyl (C=O) groups excluding carboxylic acids is 1. The molecule has 1 aromatic carbocycles. The van der Waals surface area contributed by atoms with E-state index < -0.39 is 12.0 Å². The lowest BCUT2D eigenvalue weighted by Gasteiger charge is -2.20. The molecule has 19 heavy (non-hydrogen) atoms. The lowest BCUT2D eigenvalue weighted by atomic mass is 10.2. The molecule has 1 atom stereocenters. The van der Waals surface area contributed by atoms with Crippen molar-refractivity contribution < 1.29 is 19.4 Å². The summed E-state index contributed by atoms with van der Waals surface area (Å²) in [5.74, 6) is -0.315. The Morgan fingerprint density at radius 1 is 1.42 bits per heavy atom. The molecule has 1 unspecified atom stereocenters. The second kappa shape index (κ2) is 5.17. The number of carboxylic acid groups (broad SMARTS) is 1. The number of likely N-dealkylation sites (N-methyl/N-ethyl adjacent to an activating group) is 1. The minimum absolute atomic E-state index is 0.182. The fourth-order valence-corrected chi connectivity index (χ4v) is 2.08. The first-order valence-electron chi connectivity index (χ1n) is 6.04. The number of hydrogen-bond donors (Lipinski definition) is 1. The largest absolute Gasteiger partial charge is 0.494 e. The molecular weight excluding hydrogens is 248 g/mol. The van der Waals surface area contributed by atoms with Crippen molar-refractivity contribution in [2.75, 3.05) is 25.1 Å². The smallest absolute Gasteiger partial charge is 0.328 e. The van der Waals surface area contributed by atoms with Crippen molar-refractivity contribution in [3.63, 3.8) is 0 Å². The molecule has 0 saturated carbocycles. The molecule has 2 amide bonds. The molecule has 0 aliphatic carbocycles. The average molecular weight is 264 g/mol. The Bertz CT molecular complexity index is 486. The highest BCUT2D eigenvalue weighted by Gasteiger charge is 2.40. The van der Waals surface area contributed by atoms with E-state index >= 15 is 0 Å². The number of urea groups is 1. The molecule has 1 aliphatic rings. The summed E-state index contributed by atoms with van der Waals surface area (Å²) in [6.07, 6.45) is 0. The molecule has 0 spiro atoms. The number of amides is 2. The van der Waals surface area contributed by atoms with Crippen LogP contribution in [0.3, 0.4) is 0 Å². The van der Waals surface area contributed by atoms with Crippen LogP contribution in [0.15, 0.2) is 24.3 Å². The van der Waals surface area contributed by atoms with E-state index in [0.717, 1.165) is 0 Å². The first kappa shape index (κ1) is 13.2. The Labute approximate surface area is 111 Å². The van der Waals surface area contributed by atoms with Crippen LogP contribution in [-0.2, 0) is 4.79 Å². The maximum Gasteiger partial charge on any atom is 0.328 e. The number of aliphatic carboxylic acids is 1. The van der Waals surface area contributed by atoms with Gasteiger partial charge in [0.2, 0.25) is 0 Å². The van der Waals surface area contributed by atoms with E-state index in [1.165, 1.54) is 9.80 Å². The molecule has 102 valence electrons. The van der Waals surface area contributed by atoms with Gasteiger partial charge in [0.05, 0.1) is 13.2 Å². The van der Waals surface area contributed by atoms with E-state index in [1.807, 2.05) is 6.92 Å². The average Bonchev–Trinajstić information content (AvgIpc) is 2.68. The van der Waals surface area contributed by atoms with E-state index in [4.69, 9.17) is 4.74 Å². The second-order valence-electron chi connectivity index (χ2n) is 4.31. The summed E-state index contributed by atoms with van der Waals surface area (Å²) in [5, 5.41) is 9.17. The van der Waals surface area contributed by atoms with Crippen LogP contribution in [0.5, 0.6) is 5.75 Å². The Balaban J connectivity index is 2.27. The van der Waals surface area contributed by atoms with E-state index in [9.17, 15) is 14.7 Å². The van der Waals surface area contributed by atoms with Crippen molar-refractivity contribution in [1.82, 2.24) is 4.90 Å². The third-order valence-corrected chi connectivity index (χ3v) is 3.00. The summed E-state index contributed by atoms with van der Waals surface area (Å²) in [6.45, 7) is 2.62. The van der Waals surface area contributed by atoms with Crippen LogP contribution in [0.1, 0.15) is 6.92 Å². The van der Waals surface area contributed by atoms with E-state index in [-0.39, 0.29) is 12.6 Å². The van der Waals surface area contributed by atoms with Gasteiger partial charge in [-0.15, -0.1) is 0 Å². The summed E-state index contributed by atoms with van der Waals surface area (Å²) in [7, 11) is 1.59. The number of rotatable bonds is 4. The van der Waals surface area contributed by atoms with Gasteiger partial charge in [0.1, 0.15) is 5.75 Å². The lowest BCUT2D eigenvalue weighted by molar-refractivity contribution is -0.138. The van der Waals surface area contributed by atoms with E-state index in [2.05, 4.69) is 0 Å². The van der Waals surface area contributed by atoms with Crippen LogP contribution in [0.4, 0.5) is 10.5 Å². The SMILES string of the molecule is CCOc1ccc(N2C(=O)N(C)CC2C(=O)O)cc1. The first-order chi connectivity index (χ1) is 9.04. The summed E-state index contributed by atoms with van der Waals surface area (Å²) in [4.78, 5) is 25.9. The lowest BCUT2D eigenvalue weighted by Crippen LogP contribution is -2.39. The topological polar surface area (TPSA) is 70.1 Å². The van der Waals surface area contributed by atoms with Crippen LogP contribution < -0.4 is 9.64 Å². The summed E-state index contributed by atoms with van der Waals surface area (Å²) >= 11 is 0. The highest BCUT2D eigenvalue weighted by molar-refractivity contribution is 6.01. The number of carbonyl (C=O) groups is 2. The van der Waals surface area contributed by atoms with Crippen molar-refractivity contribution in [2.24, 2.45) is 0 Å². The van der Waals surface area contributed by atoms with Gasteiger partial charge in [-0.05, 0) is 31.2 Å². The number of ether oxygens (including phenoxy) is 1. The Hall–Kier alpha value is -2.24. The van der Waals surface area contributed by atoms with Gasteiger partial charge in [-0.1, -0.05) is 0 Å². The Kier molecular flexibility index (Phi) is 3.59. The minimum Gasteiger partial charge on any atom is -0.494 e. The summed E-state index contributed by atoms with van der Waals surface area (Å²) < 4.78 is 5.32. The molecule has 0 radical (unpaired) electrons. The molecule has 0 bridgehead atoms. The maximum absolute atomic E-state index is 12.0. The number of hydrogen-bond acceptors (Lipinski definition) is 3. The van der Waals surface area contributed by atoms with Crippen LogP contribution in [-0.4, -0.2) is 48.2 Å². The monoisotopic (exact) mass is 264 g/mol. The molecule has 6 nitrogen and oxygen atoms in total. The molecule has 1 heterocycles. The zero-order valence-corrected chi connectivity index (χ0v) is 10.9. The van der Waals surface area contributed by atoms with Gasteiger partial charge in [0.25, 0.3) is 0 Å². The van der Waals surface area contributed by atoms with Crippen molar-refractivity contribution in [2.45, 2.75) is 13.0 Å². The zero-order chi connectivity index (χ0) is 14.0. The Morgan fingerprint density at radius 2 is 2.05 bits per heavy atom. The minimum atomic E-state index is -1.01. The van der Waals surface area contributed by atoms with Crippen molar-refractivity contribution in [3.8, 4) is 5.75 Å². The van der Waals surface area contributed by atoms with E-state index in [0.29, 0.717) is 18.0 Å². The maximum atomic E-state index is 12.0. The van der Waals surface area contributed by atoms with Crippen LogP contribution in [0.25, 0.3) is 0 Å². The summed E-state index contributed by atoms with van der Waals surface area (Å²) in [6, 6.07) is 5.68. The van der Waals surface area contributed by atoms with Gasteiger partial charge >= 0.3 is 12.0 Å². The number of anilines is 1. The molecule has 2 rings (SSSR count). The van der Waals surface area contributed by atoms with Crippen LogP contribution in [0, 0.1) is 0 Å². The van der Waals surface area contributed by atoms with Crippen molar-refractivity contribution in [1.29, 1.82) is 0 Å². The molecule has 0 aromatic heterocycles. The zero-order valence-electron chi connectivity index (χ0n) is 10.9. The third-order valence-electron chi connectivity index (χ3n) is 3.00. The van der Waals surface area contributed by atoms with Gasteiger partial charge in [-0.2, -0.15) is 0 Å². The molecule has 1 aliphatic heterocycles. The van der Waals surface area contributed by atoms with Gasteiger partial charge in [0, 0.05) is 12.7 Å². The van der Waals surface area contributed by atoms with Gasteiger partial charge in [-0.3, -0.25) is 4.90 Å². The molecule has 1 aromatic rings. The highest BCUT2D eigenvalue weighted by atomic mass is 16.5. The normalized spacial score (nSPS) is 18.8. The van der Waals surface area contributed by atoms with Crippen LogP contribution >= 0.6 is 0 Å². The van der Waals surface area contributed by atoms with Gasteiger partial charge in [0.15, 0.2) is 6.04 Å². The van der Waals surface area contributed by atoms with Crippen molar-refractivity contribution >= 4 is 17.7 Å². The number of benzene rings is 1. The predicted molar refractivity (Wildman–Crippen MR) is 69.5 cm³/mol. The van der Waals surface area contributed by atoms with Crippen molar-refractivity contribution in [3.05, 3.63) is 24.3 Å². The van der Waals surface area contributed by atoms with Gasteiger partial charge in [-0.25, -0.2) is 9.59 Å². The third kappa shape index (κ3) is 2.47. The molecule has 1 saturated heterocycles. The highest BCUT2D eigenvalue weighted by Crippen LogP contribution is 2.26.